The van der Waals surface area contributed by atoms with E-state index in [0.717, 1.165) is 5.56 Å². The molecule has 3 heterocycles. The number of methoxy groups -OCH3 is 3. The highest BCUT2D eigenvalue weighted by molar-refractivity contribution is 8.02. The molecular formula is C18H21N5O5S. The molecular weight excluding hydrogens is 398 g/mol. The van der Waals surface area contributed by atoms with Crippen molar-refractivity contribution in [2.45, 2.75) is 24.1 Å². The number of benzene rings is 1. The molecule has 4 rings (SSSR count). The van der Waals surface area contributed by atoms with E-state index < -0.39 is 12.1 Å². The minimum atomic E-state index is -0.551. The van der Waals surface area contributed by atoms with Crippen LogP contribution < -0.4 is 9.47 Å². The number of hydrogen-bond donors (Lipinski definition) is 1. The van der Waals surface area contributed by atoms with Crippen LogP contribution in [0.2, 0.25) is 0 Å². The summed E-state index contributed by atoms with van der Waals surface area (Å²) in [5.41, 5.74) is 1.51. The van der Waals surface area contributed by atoms with Crippen LogP contribution >= 0.6 is 11.8 Å². The zero-order valence-corrected chi connectivity index (χ0v) is 17.0. The normalized spacial score (nSPS) is 23.3. The van der Waals surface area contributed by atoms with Crippen molar-refractivity contribution >= 4 is 17.7 Å². The molecule has 1 saturated heterocycles. The van der Waals surface area contributed by atoms with Crippen molar-refractivity contribution in [3.05, 3.63) is 40.6 Å². The Morgan fingerprint density at radius 1 is 1.24 bits per heavy atom. The molecule has 1 unspecified atom stereocenters. The lowest BCUT2D eigenvalue weighted by Gasteiger charge is -2.51. The first-order valence-corrected chi connectivity index (χ1v) is 9.84. The minimum absolute atomic E-state index is 0.148. The number of carbonyl (C=O) groups is 1. The van der Waals surface area contributed by atoms with Gasteiger partial charge in [-0.25, -0.2) is 4.68 Å². The first-order valence-electron chi connectivity index (χ1n) is 8.90. The Bertz CT molecular complexity index is 948. The topological polar surface area (TPSA) is 112 Å². The first-order chi connectivity index (χ1) is 14.1. The number of aliphatic hydroxyl groups is 1. The zero-order valence-electron chi connectivity index (χ0n) is 16.2. The van der Waals surface area contributed by atoms with Crippen molar-refractivity contribution in [2.75, 3.05) is 27.9 Å². The maximum Gasteiger partial charge on any atom is 0.256 e. The highest BCUT2D eigenvalue weighted by Crippen LogP contribution is 2.46. The van der Waals surface area contributed by atoms with Gasteiger partial charge in [0.25, 0.3) is 5.91 Å². The summed E-state index contributed by atoms with van der Waals surface area (Å²) in [6.45, 7) is 0.128. The average Bonchev–Trinajstić information content (AvgIpc) is 3.21. The zero-order chi connectivity index (χ0) is 20.5. The Morgan fingerprint density at radius 2 is 2.07 bits per heavy atom. The molecule has 0 spiro atoms. The summed E-state index contributed by atoms with van der Waals surface area (Å²) in [5, 5.41) is 23.6. The Hall–Kier alpha value is -2.63. The summed E-state index contributed by atoms with van der Waals surface area (Å²) in [6, 6.07) is 4.94. The van der Waals surface area contributed by atoms with E-state index in [1.807, 2.05) is 17.5 Å². The molecule has 29 heavy (non-hydrogen) atoms. The predicted octanol–water partition coefficient (Wildman–Crippen LogP) is 0.586. The monoisotopic (exact) mass is 419 g/mol. The van der Waals surface area contributed by atoms with Crippen LogP contribution in [-0.4, -0.2) is 75.5 Å². The molecule has 0 aliphatic carbocycles. The lowest BCUT2D eigenvalue weighted by atomic mass is 9.99. The predicted molar refractivity (Wildman–Crippen MR) is 103 cm³/mol. The summed E-state index contributed by atoms with van der Waals surface area (Å²) in [7, 11) is 4.68. The third kappa shape index (κ3) is 3.24. The maximum atomic E-state index is 12.6. The van der Waals surface area contributed by atoms with Gasteiger partial charge in [-0.05, 0) is 33.5 Å². The summed E-state index contributed by atoms with van der Waals surface area (Å²) >= 11 is 1.45. The fourth-order valence-corrected chi connectivity index (χ4v) is 4.81. The lowest BCUT2D eigenvalue weighted by Crippen LogP contribution is -2.66. The Labute approximate surface area is 171 Å². The number of thioether (sulfide) groups is 1. The number of carbonyl (C=O) groups excluding carboxylic acids is 1. The van der Waals surface area contributed by atoms with E-state index in [9.17, 15) is 9.90 Å². The number of nitrogens with zero attached hydrogens (tertiary/aromatic N) is 5. The largest absolute Gasteiger partial charge is 0.497 e. The number of aliphatic hydroxyl groups excluding tert-OH is 1. The summed E-state index contributed by atoms with van der Waals surface area (Å²) < 4.78 is 17.6. The lowest BCUT2D eigenvalue weighted by molar-refractivity contribution is -0.166. The van der Waals surface area contributed by atoms with Crippen LogP contribution in [0.1, 0.15) is 17.4 Å². The second kappa shape index (κ2) is 8.01. The second-order valence-electron chi connectivity index (χ2n) is 6.55. The third-order valence-electron chi connectivity index (χ3n) is 5.07. The molecule has 11 heteroatoms. The molecule has 10 nitrogen and oxygen atoms in total. The number of hydrogen-bond acceptors (Lipinski definition) is 9. The van der Waals surface area contributed by atoms with Gasteiger partial charge in [0, 0.05) is 18.7 Å². The molecule has 0 radical (unpaired) electrons. The van der Waals surface area contributed by atoms with Crippen molar-refractivity contribution in [3.63, 3.8) is 0 Å². The fourth-order valence-electron chi connectivity index (χ4n) is 3.56. The van der Waals surface area contributed by atoms with E-state index in [1.54, 1.807) is 29.9 Å². The summed E-state index contributed by atoms with van der Waals surface area (Å²) in [5.74, 6) is 1.64. The Kier molecular flexibility index (Phi) is 5.43. The van der Waals surface area contributed by atoms with Gasteiger partial charge in [0.05, 0.1) is 27.4 Å². The van der Waals surface area contributed by atoms with E-state index in [-0.39, 0.29) is 17.9 Å². The van der Waals surface area contributed by atoms with Gasteiger partial charge in [-0.2, -0.15) is 0 Å². The smallest absolute Gasteiger partial charge is 0.256 e. The molecule has 0 saturated carbocycles. The van der Waals surface area contributed by atoms with Gasteiger partial charge in [0.1, 0.15) is 22.9 Å². The van der Waals surface area contributed by atoms with Crippen LogP contribution in [0, 0.1) is 0 Å². The molecule has 1 aromatic carbocycles. The van der Waals surface area contributed by atoms with Gasteiger partial charge < -0.3 is 24.2 Å². The van der Waals surface area contributed by atoms with Crippen molar-refractivity contribution in [1.82, 2.24) is 25.1 Å². The average molecular weight is 419 g/mol. The molecule has 154 valence electrons. The molecule has 2 aliphatic heterocycles. The van der Waals surface area contributed by atoms with Crippen LogP contribution in [-0.2, 0) is 16.1 Å². The quantitative estimate of drug-likeness (QED) is 0.644. The van der Waals surface area contributed by atoms with Gasteiger partial charge in [0.2, 0.25) is 0 Å². The molecule has 3 atom stereocenters. The van der Waals surface area contributed by atoms with Crippen molar-refractivity contribution in [2.24, 2.45) is 0 Å². The molecule has 0 bridgehead atoms. The third-order valence-corrected chi connectivity index (χ3v) is 6.27. The first kappa shape index (κ1) is 19.7. The van der Waals surface area contributed by atoms with E-state index in [2.05, 4.69) is 15.5 Å². The van der Waals surface area contributed by atoms with Gasteiger partial charge in [0.15, 0.2) is 11.9 Å². The molecule has 2 aliphatic rings. The van der Waals surface area contributed by atoms with Crippen molar-refractivity contribution in [1.29, 1.82) is 0 Å². The number of fused-ring (bicyclic) bond motifs is 1. The number of tetrazole rings is 1. The number of amides is 1. The standard InChI is InChI=1S/C18H21N5O5S/c1-26-12-5-4-10(13(6-12)27-2)7-22-16(19-20-21-22)14-11(8-24)9-29-18-15(28-3)17(25)23(14)18/h4-6,9,14-15,18,24H,7-8H2,1-3H3/t14?,15-,18+/m0/s1. The van der Waals surface area contributed by atoms with E-state index in [4.69, 9.17) is 14.2 Å². The van der Waals surface area contributed by atoms with Gasteiger partial charge in [-0.3, -0.25) is 4.79 Å². The number of rotatable bonds is 7. The minimum Gasteiger partial charge on any atom is -0.497 e. The van der Waals surface area contributed by atoms with Gasteiger partial charge >= 0.3 is 0 Å². The summed E-state index contributed by atoms with van der Waals surface area (Å²) in [4.78, 5) is 14.3. The second-order valence-corrected chi connectivity index (χ2v) is 7.55. The number of β-lactam (4-membered cyclic amide) rings is 1. The van der Waals surface area contributed by atoms with Crippen LogP contribution in [0.4, 0.5) is 0 Å². The number of aromatic nitrogens is 4. The Morgan fingerprint density at radius 3 is 2.76 bits per heavy atom. The molecule has 1 N–H and O–H groups in total. The van der Waals surface area contributed by atoms with Gasteiger partial charge in [-0.15, -0.1) is 16.9 Å². The summed E-state index contributed by atoms with van der Waals surface area (Å²) in [6.07, 6.45) is -0.509. The van der Waals surface area contributed by atoms with Crippen LogP contribution in [0.25, 0.3) is 0 Å². The van der Waals surface area contributed by atoms with Crippen LogP contribution in [0.3, 0.4) is 0 Å². The van der Waals surface area contributed by atoms with E-state index in [0.29, 0.717) is 29.4 Å². The highest BCUT2D eigenvalue weighted by atomic mass is 32.2. The van der Waals surface area contributed by atoms with Crippen molar-refractivity contribution < 1.29 is 24.1 Å². The SMILES string of the molecule is COc1ccc(Cn2nnnc2C2C(CO)=CS[C@@H]3[C@@H](OC)C(=O)N23)c(OC)c1. The Balaban J connectivity index is 1.68. The van der Waals surface area contributed by atoms with Crippen LogP contribution in [0.5, 0.6) is 11.5 Å². The van der Waals surface area contributed by atoms with E-state index >= 15 is 0 Å². The molecule has 2 aromatic rings. The van der Waals surface area contributed by atoms with Gasteiger partial charge in [-0.1, -0.05) is 0 Å². The van der Waals surface area contributed by atoms with E-state index in [1.165, 1.54) is 18.9 Å². The van der Waals surface area contributed by atoms with Crippen LogP contribution in [0.15, 0.2) is 29.2 Å². The number of ether oxygens (including phenoxy) is 3. The fraction of sp³-hybridized carbons (Fsp3) is 0.444. The molecule has 1 fully saturated rings. The maximum absolute atomic E-state index is 12.6. The molecule has 1 aromatic heterocycles. The molecule has 1 amide bonds. The van der Waals surface area contributed by atoms with Crippen molar-refractivity contribution in [3.8, 4) is 11.5 Å². The highest BCUT2D eigenvalue weighted by Gasteiger charge is 2.55.